The molecule has 0 radical (unpaired) electrons. The van der Waals surface area contributed by atoms with Crippen LogP contribution in [0.25, 0.3) is 0 Å². The van der Waals surface area contributed by atoms with Crippen molar-refractivity contribution in [1.82, 2.24) is 4.90 Å². The highest BCUT2D eigenvalue weighted by molar-refractivity contribution is 5.76. The zero-order chi connectivity index (χ0) is 13.5. The zero-order valence-corrected chi connectivity index (χ0v) is 11.6. The lowest BCUT2D eigenvalue weighted by molar-refractivity contribution is -0.133. The third kappa shape index (κ3) is 4.15. The molecule has 1 rings (SSSR count). The van der Waals surface area contributed by atoms with E-state index in [1.807, 2.05) is 18.7 Å². The first-order valence-electron chi connectivity index (χ1n) is 6.65. The van der Waals surface area contributed by atoms with Crippen LogP contribution in [-0.4, -0.2) is 23.4 Å². The van der Waals surface area contributed by atoms with Gasteiger partial charge in [-0.15, -0.1) is 0 Å². The van der Waals surface area contributed by atoms with Crippen molar-refractivity contribution in [3.63, 3.8) is 0 Å². The standard InChI is InChI=1S/C15H24N2O/c1-4-13-5-7-14(8-6-13)11-17(12(2)3)15(18)9-10-16/h5-8,12H,4,9-11,16H2,1-3H3. The Labute approximate surface area is 110 Å². The van der Waals surface area contributed by atoms with Gasteiger partial charge in [0.1, 0.15) is 0 Å². The Balaban J connectivity index is 2.73. The molecular weight excluding hydrogens is 224 g/mol. The number of aryl methyl sites for hydroxylation is 1. The third-order valence-corrected chi connectivity index (χ3v) is 3.09. The number of carbonyl (C=O) groups is 1. The predicted molar refractivity (Wildman–Crippen MR) is 75.2 cm³/mol. The van der Waals surface area contributed by atoms with Crippen molar-refractivity contribution in [3.8, 4) is 0 Å². The number of nitrogens with zero attached hydrogens (tertiary/aromatic N) is 1. The first-order chi connectivity index (χ1) is 8.58. The zero-order valence-electron chi connectivity index (χ0n) is 11.6. The van der Waals surface area contributed by atoms with E-state index in [0.29, 0.717) is 19.5 Å². The first kappa shape index (κ1) is 14.7. The number of benzene rings is 1. The van der Waals surface area contributed by atoms with Crippen molar-refractivity contribution in [2.75, 3.05) is 6.54 Å². The highest BCUT2D eigenvalue weighted by atomic mass is 16.2. The summed E-state index contributed by atoms with van der Waals surface area (Å²) in [5.41, 5.74) is 7.95. The van der Waals surface area contributed by atoms with Crippen LogP contribution in [0.2, 0.25) is 0 Å². The maximum Gasteiger partial charge on any atom is 0.224 e. The van der Waals surface area contributed by atoms with Crippen LogP contribution in [0.1, 0.15) is 38.3 Å². The van der Waals surface area contributed by atoms with Crippen LogP contribution < -0.4 is 5.73 Å². The van der Waals surface area contributed by atoms with Crippen LogP contribution in [0.4, 0.5) is 0 Å². The number of hydrogen-bond acceptors (Lipinski definition) is 2. The van der Waals surface area contributed by atoms with E-state index in [9.17, 15) is 4.79 Å². The van der Waals surface area contributed by atoms with Crippen LogP contribution in [-0.2, 0) is 17.8 Å². The summed E-state index contributed by atoms with van der Waals surface area (Å²) in [6, 6.07) is 8.66. The van der Waals surface area contributed by atoms with Crippen molar-refractivity contribution in [1.29, 1.82) is 0 Å². The number of carbonyl (C=O) groups excluding carboxylic acids is 1. The lowest BCUT2D eigenvalue weighted by Crippen LogP contribution is -2.37. The monoisotopic (exact) mass is 248 g/mol. The largest absolute Gasteiger partial charge is 0.336 e. The predicted octanol–water partition coefficient (Wildman–Crippen LogP) is 2.33. The maximum atomic E-state index is 12.0. The summed E-state index contributed by atoms with van der Waals surface area (Å²) >= 11 is 0. The van der Waals surface area contributed by atoms with Gasteiger partial charge in [0.05, 0.1) is 0 Å². The smallest absolute Gasteiger partial charge is 0.224 e. The summed E-state index contributed by atoms with van der Waals surface area (Å²) in [5.74, 6) is 0.132. The van der Waals surface area contributed by atoms with Crippen molar-refractivity contribution in [2.45, 2.75) is 46.2 Å². The minimum absolute atomic E-state index is 0.132. The van der Waals surface area contributed by atoms with Crippen LogP contribution in [0.15, 0.2) is 24.3 Å². The van der Waals surface area contributed by atoms with Crippen molar-refractivity contribution in [2.24, 2.45) is 5.73 Å². The van der Waals surface area contributed by atoms with Crippen LogP contribution in [0.3, 0.4) is 0 Å². The van der Waals surface area contributed by atoms with E-state index < -0.39 is 0 Å². The Morgan fingerprint density at radius 2 is 1.78 bits per heavy atom. The lowest BCUT2D eigenvalue weighted by atomic mass is 10.1. The van der Waals surface area contributed by atoms with Crippen molar-refractivity contribution >= 4 is 5.91 Å². The molecule has 3 nitrogen and oxygen atoms in total. The van der Waals surface area contributed by atoms with Gasteiger partial charge in [-0.25, -0.2) is 0 Å². The lowest BCUT2D eigenvalue weighted by Gasteiger charge is -2.27. The molecule has 0 aliphatic heterocycles. The molecular formula is C15H24N2O. The van der Waals surface area contributed by atoms with Gasteiger partial charge >= 0.3 is 0 Å². The summed E-state index contributed by atoms with van der Waals surface area (Å²) in [6.07, 6.45) is 1.46. The van der Waals surface area contributed by atoms with E-state index in [1.165, 1.54) is 11.1 Å². The molecule has 100 valence electrons. The average Bonchev–Trinajstić information content (AvgIpc) is 2.36. The van der Waals surface area contributed by atoms with Crippen molar-refractivity contribution < 1.29 is 4.79 Å². The second-order valence-corrected chi connectivity index (χ2v) is 4.82. The Morgan fingerprint density at radius 3 is 2.22 bits per heavy atom. The summed E-state index contributed by atoms with van der Waals surface area (Å²) < 4.78 is 0. The van der Waals surface area contributed by atoms with E-state index in [2.05, 4.69) is 31.2 Å². The average molecular weight is 248 g/mol. The van der Waals surface area contributed by atoms with Crippen molar-refractivity contribution in [3.05, 3.63) is 35.4 Å². The van der Waals surface area contributed by atoms with Gasteiger partial charge in [0.25, 0.3) is 0 Å². The molecule has 3 heteroatoms. The molecule has 0 spiro atoms. The van der Waals surface area contributed by atoms with Gasteiger partial charge in [-0.1, -0.05) is 31.2 Å². The molecule has 0 aromatic heterocycles. The van der Waals surface area contributed by atoms with Gasteiger partial charge < -0.3 is 10.6 Å². The molecule has 0 saturated heterocycles. The summed E-state index contributed by atoms with van der Waals surface area (Å²) in [4.78, 5) is 13.8. The summed E-state index contributed by atoms with van der Waals surface area (Å²) in [6.45, 7) is 7.29. The molecule has 0 fully saturated rings. The number of rotatable bonds is 6. The molecule has 0 unspecified atom stereocenters. The molecule has 0 heterocycles. The normalized spacial score (nSPS) is 10.7. The minimum Gasteiger partial charge on any atom is -0.336 e. The number of amides is 1. The van der Waals surface area contributed by atoms with Gasteiger partial charge in [0.2, 0.25) is 5.91 Å². The van der Waals surface area contributed by atoms with Crippen LogP contribution in [0, 0.1) is 0 Å². The van der Waals surface area contributed by atoms with Gasteiger partial charge in [-0.05, 0) is 31.4 Å². The molecule has 1 aromatic carbocycles. The SMILES string of the molecule is CCc1ccc(CN(C(=O)CCN)C(C)C)cc1. The second kappa shape index (κ2) is 7.17. The second-order valence-electron chi connectivity index (χ2n) is 4.82. The van der Waals surface area contributed by atoms with Gasteiger partial charge in [-0.2, -0.15) is 0 Å². The third-order valence-electron chi connectivity index (χ3n) is 3.09. The molecule has 18 heavy (non-hydrogen) atoms. The number of nitrogens with two attached hydrogens (primary N) is 1. The molecule has 2 N–H and O–H groups in total. The maximum absolute atomic E-state index is 12.0. The first-order valence-corrected chi connectivity index (χ1v) is 6.65. The highest BCUT2D eigenvalue weighted by Gasteiger charge is 2.16. The van der Waals surface area contributed by atoms with E-state index in [4.69, 9.17) is 5.73 Å². The molecule has 0 aliphatic carbocycles. The van der Waals surface area contributed by atoms with Gasteiger partial charge in [0, 0.05) is 25.6 Å². The van der Waals surface area contributed by atoms with Gasteiger partial charge in [0.15, 0.2) is 0 Å². The quantitative estimate of drug-likeness (QED) is 0.840. The molecule has 0 saturated carbocycles. The molecule has 0 bridgehead atoms. The molecule has 1 aromatic rings. The molecule has 0 aliphatic rings. The van der Waals surface area contributed by atoms with Crippen LogP contribution >= 0.6 is 0 Å². The topological polar surface area (TPSA) is 46.3 Å². The van der Waals surface area contributed by atoms with E-state index in [0.717, 1.165) is 6.42 Å². The Hall–Kier alpha value is -1.35. The van der Waals surface area contributed by atoms with E-state index in [-0.39, 0.29) is 11.9 Å². The fraction of sp³-hybridized carbons (Fsp3) is 0.533. The molecule has 1 amide bonds. The Kier molecular flexibility index (Phi) is 5.86. The fourth-order valence-electron chi connectivity index (χ4n) is 1.90. The Morgan fingerprint density at radius 1 is 1.22 bits per heavy atom. The Bertz CT molecular complexity index is 371. The van der Waals surface area contributed by atoms with E-state index >= 15 is 0 Å². The molecule has 0 atom stereocenters. The number of hydrogen-bond donors (Lipinski definition) is 1. The van der Waals surface area contributed by atoms with E-state index in [1.54, 1.807) is 0 Å². The minimum atomic E-state index is 0.132. The van der Waals surface area contributed by atoms with Crippen LogP contribution in [0.5, 0.6) is 0 Å². The highest BCUT2D eigenvalue weighted by Crippen LogP contribution is 2.11. The summed E-state index contributed by atoms with van der Waals surface area (Å²) in [7, 11) is 0. The summed E-state index contributed by atoms with van der Waals surface area (Å²) in [5, 5.41) is 0. The fourth-order valence-corrected chi connectivity index (χ4v) is 1.90. The van der Waals surface area contributed by atoms with Gasteiger partial charge in [-0.3, -0.25) is 4.79 Å².